The molecule has 2 amide bonds. The van der Waals surface area contributed by atoms with Gasteiger partial charge in [0.15, 0.2) is 4.80 Å². The Balaban J connectivity index is 2.50. The first-order valence-electron chi connectivity index (χ1n) is 6.00. The van der Waals surface area contributed by atoms with Crippen LogP contribution in [0.2, 0.25) is 0 Å². The number of amides is 2. The number of methoxy groups -OCH3 is 1. The molecular weight excluding hydrogens is 300 g/mol. The van der Waals surface area contributed by atoms with E-state index in [1.165, 1.54) is 12.1 Å². The number of urea groups is 1. The van der Waals surface area contributed by atoms with Crippen LogP contribution < -0.4 is 10.5 Å². The summed E-state index contributed by atoms with van der Waals surface area (Å²) >= 11 is 1.09. The molecule has 5 nitrogen and oxygen atoms in total. The van der Waals surface area contributed by atoms with Gasteiger partial charge in [0.2, 0.25) is 0 Å². The molecule has 21 heavy (non-hydrogen) atoms. The lowest BCUT2D eigenvalue weighted by Crippen LogP contribution is -2.20. The van der Waals surface area contributed by atoms with Crippen LogP contribution in [0.25, 0.3) is 10.4 Å². The highest BCUT2D eigenvalue weighted by Gasteiger charge is 2.11. The van der Waals surface area contributed by atoms with E-state index in [1.54, 1.807) is 17.9 Å². The number of nitrogens with zero attached hydrogens (tertiary/aromatic N) is 2. The average Bonchev–Trinajstić information content (AvgIpc) is 2.78. The van der Waals surface area contributed by atoms with Crippen LogP contribution in [0.1, 0.15) is 0 Å². The van der Waals surface area contributed by atoms with Crippen molar-refractivity contribution in [1.82, 2.24) is 4.57 Å². The average molecular weight is 313 g/mol. The number of aromatic nitrogens is 1. The van der Waals surface area contributed by atoms with Crippen LogP contribution >= 0.6 is 11.3 Å². The topological polar surface area (TPSA) is 69.6 Å². The lowest BCUT2D eigenvalue weighted by Gasteiger charge is -2.01. The molecule has 1 aromatic carbocycles. The van der Waals surface area contributed by atoms with E-state index >= 15 is 0 Å². The smallest absolute Gasteiger partial charge is 0.341 e. The second-order valence-corrected chi connectivity index (χ2v) is 5.15. The third-order valence-corrected chi connectivity index (χ3v) is 3.71. The van der Waals surface area contributed by atoms with Gasteiger partial charge in [-0.3, -0.25) is 0 Å². The fourth-order valence-corrected chi connectivity index (χ4v) is 2.77. The molecule has 0 aliphatic carbocycles. The van der Waals surface area contributed by atoms with Gasteiger partial charge in [0.1, 0.15) is 11.6 Å². The van der Waals surface area contributed by atoms with Crippen molar-refractivity contribution in [3.63, 3.8) is 0 Å². The normalized spacial score (nSPS) is 11.9. The summed E-state index contributed by atoms with van der Waals surface area (Å²) < 4.78 is 33.3. The Bertz CT molecular complexity index is 724. The molecule has 0 aliphatic heterocycles. The molecule has 0 spiro atoms. The van der Waals surface area contributed by atoms with Crippen molar-refractivity contribution in [2.24, 2.45) is 10.7 Å². The number of ether oxygens (including phenoxy) is 1. The quantitative estimate of drug-likeness (QED) is 0.939. The summed E-state index contributed by atoms with van der Waals surface area (Å²) in [6.45, 7) is 0.829. The second-order valence-electron chi connectivity index (χ2n) is 4.14. The van der Waals surface area contributed by atoms with Gasteiger partial charge in [-0.1, -0.05) is 11.3 Å². The van der Waals surface area contributed by atoms with Crippen LogP contribution in [0.5, 0.6) is 0 Å². The van der Waals surface area contributed by atoms with Crippen molar-refractivity contribution in [2.45, 2.75) is 6.54 Å². The SMILES string of the molecule is COCCn1cc(-c2ccc(F)cc2F)sc1=NC(N)=O. The van der Waals surface area contributed by atoms with Gasteiger partial charge in [0.05, 0.1) is 11.5 Å². The van der Waals surface area contributed by atoms with E-state index in [1.807, 2.05) is 0 Å². The van der Waals surface area contributed by atoms with Gasteiger partial charge >= 0.3 is 6.03 Å². The zero-order valence-corrected chi connectivity index (χ0v) is 12.0. The summed E-state index contributed by atoms with van der Waals surface area (Å²) in [6.07, 6.45) is 1.63. The highest BCUT2D eigenvalue weighted by atomic mass is 32.1. The van der Waals surface area contributed by atoms with Crippen molar-refractivity contribution in [3.05, 3.63) is 40.8 Å². The lowest BCUT2D eigenvalue weighted by molar-refractivity contribution is 0.186. The van der Waals surface area contributed by atoms with Crippen molar-refractivity contribution < 1.29 is 18.3 Å². The molecule has 0 bridgehead atoms. The predicted molar refractivity (Wildman–Crippen MR) is 74.7 cm³/mol. The molecule has 0 unspecified atom stereocenters. The Morgan fingerprint density at radius 2 is 2.24 bits per heavy atom. The molecule has 0 saturated heterocycles. The second kappa shape index (κ2) is 6.59. The largest absolute Gasteiger partial charge is 0.383 e. The number of thiazole rings is 1. The van der Waals surface area contributed by atoms with E-state index in [2.05, 4.69) is 4.99 Å². The molecule has 2 rings (SSSR count). The summed E-state index contributed by atoms with van der Waals surface area (Å²) in [6, 6.07) is 2.47. The molecule has 8 heteroatoms. The van der Waals surface area contributed by atoms with Gasteiger partial charge in [-0.15, -0.1) is 0 Å². The molecule has 0 fully saturated rings. The molecule has 2 N–H and O–H groups in total. The van der Waals surface area contributed by atoms with E-state index in [0.29, 0.717) is 22.8 Å². The molecule has 0 aliphatic rings. The van der Waals surface area contributed by atoms with E-state index < -0.39 is 17.7 Å². The lowest BCUT2D eigenvalue weighted by atomic mass is 10.2. The van der Waals surface area contributed by atoms with Crippen molar-refractivity contribution >= 4 is 17.4 Å². The van der Waals surface area contributed by atoms with Crippen LogP contribution in [0.15, 0.2) is 29.4 Å². The van der Waals surface area contributed by atoms with Gasteiger partial charge < -0.3 is 15.0 Å². The number of rotatable bonds is 4. The summed E-state index contributed by atoms with van der Waals surface area (Å²) in [5.74, 6) is -1.33. The number of primary amides is 1. The fourth-order valence-electron chi connectivity index (χ4n) is 1.73. The molecular formula is C13H13F2N3O2S. The third-order valence-electron chi connectivity index (χ3n) is 2.66. The zero-order valence-electron chi connectivity index (χ0n) is 11.2. The minimum Gasteiger partial charge on any atom is -0.383 e. The van der Waals surface area contributed by atoms with E-state index in [-0.39, 0.29) is 5.56 Å². The monoisotopic (exact) mass is 313 g/mol. The molecule has 1 aromatic heterocycles. The maximum atomic E-state index is 13.8. The third kappa shape index (κ3) is 3.73. The minimum absolute atomic E-state index is 0.235. The first-order valence-corrected chi connectivity index (χ1v) is 6.81. The maximum Gasteiger partial charge on any atom is 0.341 e. The molecule has 0 saturated carbocycles. The van der Waals surface area contributed by atoms with Gasteiger partial charge in [0.25, 0.3) is 0 Å². The van der Waals surface area contributed by atoms with Crippen LogP contribution in [-0.4, -0.2) is 24.3 Å². The number of carbonyl (C=O) groups excluding carboxylic acids is 1. The van der Waals surface area contributed by atoms with Crippen molar-refractivity contribution in [3.8, 4) is 10.4 Å². The summed E-state index contributed by atoms with van der Waals surface area (Å²) in [5, 5.41) is 0. The van der Waals surface area contributed by atoms with Crippen LogP contribution in [0.3, 0.4) is 0 Å². The summed E-state index contributed by atoms with van der Waals surface area (Å²) in [4.78, 5) is 15.5. The Hall–Kier alpha value is -2.06. The van der Waals surface area contributed by atoms with Crippen molar-refractivity contribution in [1.29, 1.82) is 0 Å². The highest BCUT2D eigenvalue weighted by molar-refractivity contribution is 7.12. The van der Waals surface area contributed by atoms with Crippen LogP contribution in [0, 0.1) is 11.6 Å². The highest BCUT2D eigenvalue weighted by Crippen LogP contribution is 2.25. The van der Waals surface area contributed by atoms with E-state index in [9.17, 15) is 13.6 Å². The van der Waals surface area contributed by atoms with Gasteiger partial charge in [-0.25, -0.2) is 13.6 Å². The number of hydrogen-bond acceptors (Lipinski definition) is 3. The van der Waals surface area contributed by atoms with Crippen LogP contribution in [-0.2, 0) is 11.3 Å². The fraction of sp³-hybridized carbons (Fsp3) is 0.231. The van der Waals surface area contributed by atoms with E-state index in [0.717, 1.165) is 17.4 Å². The number of nitrogens with two attached hydrogens (primary N) is 1. The minimum atomic E-state index is -0.839. The Morgan fingerprint density at radius 1 is 1.48 bits per heavy atom. The Kier molecular flexibility index (Phi) is 4.81. The van der Waals surface area contributed by atoms with Gasteiger partial charge in [-0.05, 0) is 12.1 Å². The summed E-state index contributed by atoms with van der Waals surface area (Å²) in [7, 11) is 1.54. The Morgan fingerprint density at radius 3 is 2.86 bits per heavy atom. The number of hydrogen-bond donors (Lipinski definition) is 1. The van der Waals surface area contributed by atoms with E-state index in [4.69, 9.17) is 10.5 Å². The molecule has 112 valence electrons. The molecule has 1 heterocycles. The maximum absolute atomic E-state index is 13.8. The first-order chi connectivity index (χ1) is 10.0. The zero-order chi connectivity index (χ0) is 15.4. The predicted octanol–water partition coefficient (Wildman–Crippen LogP) is 2.12. The van der Waals surface area contributed by atoms with Gasteiger partial charge in [0, 0.05) is 31.5 Å². The van der Waals surface area contributed by atoms with Gasteiger partial charge in [-0.2, -0.15) is 4.99 Å². The molecule has 0 atom stereocenters. The first kappa shape index (κ1) is 15.3. The summed E-state index contributed by atoms with van der Waals surface area (Å²) in [5.41, 5.74) is 5.29. The number of carbonyl (C=O) groups is 1. The number of halogens is 2. The van der Waals surface area contributed by atoms with Crippen LogP contribution in [0.4, 0.5) is 13.6 Å². The molecule has 2 aromatic rings. The standard InChI is InChI=1S/C13H13F2N3O2S/c1-20-5-4-18-7-11(21-13(18)17-12(16)19)9-3-2-8(14)6-10(9)15/h2-3,6-7H,4-5H2,1H3,(H2,16,19). The molecule has 0 radical (unpaired) electrons. The van der Waals surface area contributed by atoms with Crippen molar-refractivity contribution in [2.75, 3.05) is 13.7 Å². The number of benzene rings is 1. The Labute approximate surface area is 123 Å².